The Morgan fingerprint density at radius 1 is 1.25 bits per heavy atom. The average Bonchev–Trinajstić information content (AvgIpc) is 2.46. The Morgan fingerprint density at radius 2 is 1.95 bits per heavy atom. The summed E-state index contributed by atoms with van der Waals surface area (Å²) in [5, 5.41) is 11.5. The van der Waals surface area contributed by atoms with Crippen LogP contribution in [-0.4, -0.2) is 36.8 Å². The van der Waals surface area contributed by atoms with Crippen LogP contribution in [0, 0.1) is 0 Å². The van der Waals surface area contributed by atoms with Crippen LogP contribution in [0.3, 0.4) is 0 Å². The number of benzene rings is 1. The van der Waals surface area contributed by atoms with Crippen LogP contribution in [0.25, 0.3) is 0 Å². The molecule has 6 heteroatoms. The summed E-state index contributed by atoms with van der Waals surface area (Å²) in [6.07, 6.45) is 1.45. The number of esters is 1. The Morgan fingerprint density at radius 3 is 2.55 bits per heavy atom. The SMILES string of the molecule is C=CCOC(=O)COCC(=O)Nc1ccc(CO)cc1. The molecule has 0 saturated carbocycles. The zero-order chi connectivity index (χ0) is 14.8. The number of hydrogen-bond donors (Lipinski definition) is 2. The Balaban J connectivity index is 2.25. The molecule has 0 fully saturated rings. The molecule has 2 N–H and O–H groups in total. The van der Waals surface area contributed by atoms with Crippen molar-refractivity contribution in [3.05, 3.63) is 42.5 Å². The fourth-order valence-electron chi connectivity index (χ4n) is 1.31. The summed E-state index contributed by atoms with van der Waals surface area (Å²) >= 11 is 0. The van der Waals surface area contributed by atoms with Gasteiger partial charge in [0.05, 0.1) is 6.61 Å². The van der Waals surface area contributed by atoms with Crippen LogP contribution in [0.4, 0.5) is 5.69 Å². The molecule has 108 valence electrons. The van der Waals surface area contributed by atoms with E-state index in [0.29, 0.717) is 5.69 Å². The maximum atomic E-state index is 11.5. The third kappa shape index (κ3) is 6.12. The molecule has 1 rings (SSSR count). The van der Waals surface area contributed by atoms with E-state index >= 15 is 0 Å². The summed E-state index contributed by atoms with van der Waals surface area (Å²) in [7, 11) is 0. The zero-order valence-electron chi connectivity index (χ0n) is 11.0. The lowest BCUT2D eigenvalue weighted by Crippen LogP contribution is -2.21. The summed E-state index contributed by atoms with van der Waals surface area (Å²) in [6, 6.07) is 6.73. The van der Waals surface area contributed by atoms with Crippen molar-refractivity contribution in [2.45, 2.75) is 6.61 Å². The highest BCUT2D eigenvalue weighted by atomic mass is 16.6. The molecule has 20 heavy (non-hydrogen) atoms. The zero-order valence-corrected chi connectivity index (χ0v) is 11.0. The van der Waals surface area contributed by atoms with Crippen molar-refractivity contribution in [2.75, 3.05) is 25.1 Å². The molecule has 0 unspecified atom stereocenters. The highest BCUT2D eigenvalue weighted by molar-refractivity contribution is 5.91. The molecule has 0 saturated heterocycles. The Labute approximate surface area is 117 Å². The summed E-state index contributed by atoms with van der Waals surface area (Å²) < 4.78 is 9.59. The normalized spacial score (nSPS) is 9.85. The van der Waals surface area contributed by atoms with Crippen molar-refractivity contribution < 1.29 is 24.2 Å². The predicted octanol–water partition coefficient (Wildman–Crippen LogP) is 0.863. The van der Waals surface area contributed by atoms with Crippen LogP contribution in [0.5, 0.6) is 0 Å². The molecule has 1 aromatic carbocycles. The number of hydrogen-bond acceptors (Lipinski definition) is 5. The first-order valence-electron chi connectivity index (χ1n) is 5.99. The number of amides is 1. The van der Waals surface area contributed by atoms with E-state index in [1.165, 1.54) is 6.08 Å². The van der Waals surface area contributed by atoms with Crippen LogP contribution < -0.4 is 5.32 Å². The van der Waals surface area contributed by atoms with Crippen molar-refractivity contribution in [1.82, 2.24) is 0 Å². The largest absolute Gasteiger partial charge is 0.460 e. The van der Waals surface area contributed by atoms with E-state index < -0.39 is 5.97 Å². The van der Waals surface area contributed by atoms with E-state index in [4.69, 9.17) is 9.84 Å². The fourth-order valence-corrected chi connectivity index (χ4v) is 1.31. The number of anilines is 1. The molecular weight excluding hydrogens is 262 g/mol. The number of rotatable bonds is 8. The topological polar surface area (TPSA) is 84.9 Å². The highest BCUT2D eigenvalue weighted by Gasteiger charge is 2.06. The quantitative estimate of drug-likeness (QED) is 0.544. The van der Waals surface area contributed by atoms with Gasteiger partial charge in [-0.2, -0.15) is 0 Å². The average molecular weight is 279 g/mol. The molecule has 0 bridgehead atoms. The standard InChI is InChI=1S/C14H17NO5/c1-2-7-20-14(18)10-19-9-13(17)15-12-5-3-11(8-16)4-6-12/h2-6,16H,1,7-10H2,(H,15,17). The number of nitrogens with one attached hydrogen (secondary N) is 1. The summed E-state index contributed by atoms with van der Waals surface area (Å²) in [5.41, 5.74) is 1.34. The summed E-state index contributed by atoms with van der Waals surface area (Å²) in [5.74, 6) is -0.928. The molecule has 0 spiro atoms. The first-order chi connectivity index (χ1) is 9.65. The minimum atomic E-state index is -0.551. The van der Waals surface area contributed by atoms with Gasteiger partial charge in [0, 0.05) is 5.69 Å². The second kappa shape index (κ2) is 8.84. The van der Waals surface area contributed by atoms with E-state index in [2.05, 4.69) is 16.6 Å². The van der Waals surface area contributed by atoms with Crippen LogP contribution in [-0.2, 0) is 25.7 Å². The smallest absolute Gasteiger partial charge is 0.332 e. The third-order valence-electron chi connectivity index (χ3n) is 2.24. The summed E-state index contributed by atoms with van der Waals surface area (Å²) in [6.45, 7) is 2.94. The van der Waals surface area contributed by atoms with Gasteiger partial charge >= 0.3 is 5.97 Å². The minimum Gasteiger partial charge on any atom is -0.460 e. The Bertz CT molecular complexity index is 455. The van der Waals surface area contributed by atoms with Crippen LogP contribution in [0.15, 0.2) is 36.9 Å². The Hall–Kier alpha value is -2.18. The molecule has 0 atom stereocenters. The van der Waals surface area contributed by atoms with Gasteiger partial charge in [-0.05, 0) is 17.7 Å². The number of ether oxygens (including phenoxy) is 2. The van der Waals surface area contributed by atoms with Crippen molar-refractivity contribution in [3.8, 4) is 0 Å². The minimum absolute atomic E-state index is 0.0514. The lowest BCUT2D eigenvalue weighted by Gasteiger charge is -2.06. The van der Waals surface area contributed by atoms with E-state index in [9.17, 15) is 9.59 Å². The molecule has 0 radical (unpaired) electrons. The highest BCUT2D eigenvalue weighted by Crippen LogP contribution is 2.09. The lowest BCUT2D eigenvalue weighted by molar-refractivity contribution is -0.148. The molecule has 0 aliphatic carbocycles. The Kier molecular flexibility index (Phi) is 7.02. The maximum absolute atomic E-state index is 11.5. The van der Waals surface area contributed by atoms with Gasteiger partial charge in [0.15, 0.2) is 0 Å². The van der Waals surface area contributed by atoms with Crippen LogP contribution in [0.1, 0.15) is 5.56 Å². The molecule has 0 heterocycles. The first kappa shape index (κ1) is 15.9. The maximum Gasteiger partial charge on any atom is 0.332 e. The van der Waals surface area contributed by atoms with Gasteiger partial charge < -0.3 is 19.9 Å². The molecular formula is C14H17NO5. The van der Waals surface area contributed by atoms with Crippen molar-refractivity contribution in [1.29, 1.82) is 0 Å². The molecule has 0 aromatic heterocycles. The van der Waals surface area contributed by atoms with Crippen molar-refractivity contribution >= 4 is 17.6 Å². The van der Waals surface area contributed by atoms with Gasteiger partial charge in [-0.3, -0.25) is 4.79 Å². The first-order valence-corrected chi connectivity index (χ1v) is 5.99. The van der Waals surface area contributed by atoms with Crippen LogP contribution in [0.2, 0.25) is 0 Å². The van der Waals surface area contributed by atoms with E-state index in [0.717, 1.165) is 5.56 Å². The number of aliphatic hydroxyl groups excluding tert-OH is 1. The van der Waals surface area contributed by atoms with Crippen molar-refractivity contribution in [3.63, 3.8) is 0 Å². The molecule has 1 amide bonds. The lowest BCUT2D eigenvalue weighted by atomic mass is 10.2. The molecule has 1 aromatic rings. The van der Waals surface area contributed by atoms with E-state index in [1.54, 1.807) is 24.3 Å². The van der Waals surface area contributed by atoms with Crippen LogP contribution >= 0.6 is 0 Å². The number of carbonyl (C=O) groups is 2. The van der Waals surface area contributed by atoms with Gasteiger partial charge in [0.2, 0.25) is 5.91 Å². The second-order valence-corrected chi connectivity index (χ2v) is 3.87. The summed E-state index contributed by atoms with van der Waals surface area (Å²) in [4.78, 5) is 22.6. The molecule has 0 aliphatic heterocycles. The fraction of sp³-hybridized carbons (Fsp3) is 0.286. The van der Waals surface area contributed by atoms with Gasteiger partial charge in [-0.1, -0.05) is 24.8 Å². The number of carbonyl (C=O) groups excluding carboxylic acids is 2. The third-order valence-corrected chi connectivity index (χ3v) is 2.24. The van der Waals surface area contributed by atoms with E-state index in [-0.39, 0.29) is 32.3 Å². The van der Waals surface area contributed by atoms with Gasteiger partial charge in [-0.15, -0.1) is 0 Å². The van der Waals surface area contributed by atoms with Gasteiger partial charge in [0.25, 0.3) is 0 Å². The van der Waals surface area contributed by atoms with E-state index in [1.807, 2.05) is 0 Å². The predicted molar refractivity (Wildman–Crippen MR) is 73.0 cm³/mol. The van der Waals surface area contributed by atoms with Gasteiger partial charge in [-0.25, -0.2) is 4.79 Å². The van der Waals surface area contributed by atoms with Gasteiger partial charge in [0.1, 0.15) is 19.8 Å². The monoisotopic (exact) mass is 279 g/mol. The molecule has 6 nitrogen and oxygen atoms in total. The molecule has 0 aliphatic rings. The second-order valence-electron chi connectivity index (χ2n) is 3.87. The number of aliphatic hydroxyl groups is 1. The van der Waals surface area contributed by atoms with Crippen molar-refractivity contribution in [2.24, 2.45) is 0 Å².